The van der Waals surface area contributed by atoms with Crippen molar-refractivity contribution in [3.8, 4) is 11.8 Å². The number of benzene rings is 2. The minimum Gasteiger partial charge on any atom is -0.497 e. The SMILES string of the molecule is COc1ccc(Br)c(CNc2cccc(F)c2C#N)c1. The first-order chi connectivity index (χ1) is 9.65. The highest BCUT2D eigenvalue weighted by atomic mass is 79.9. The van der Waals surface area contributed by atoms with Gasteiger partial charge in [-0.25, -0.2) is 4.39 Å². The van der Waals surface area contributed by atoms with E-state index in [1.54, 1.807) is 19.2 Å². The van der Waals surface area contributed by atoms with Gasteiger partial charge < -0.3 is 10.1 Å². The van der Waals surface area contributed by atoms with Gasteiger partial charge in [-0.05, 0) is 35.9 Å². The normalized spacial score (nSPS) is 9.90. The molecule has 0 bridgehead atoms. The number of nitriles is 1. The lowest BCUT2D eigenvalue weighted by molar-refractivity contribution is 0.414. The van der Waals surface area contributed by atoms with Gasteiger partial charge in [-0.2, -0.15) is 5.26 Å². The Labute approximate surface area is 125 Å². The maximum atomic E-state index is 13.5. The fourth-order valence-electron chi connectivity index (χ4n) is 1.79. The van der Waals surface area contributed by atoms with Gasteiger partial charge in [-0.3, -0.25) is 0 Å². The predicted molar refractivity (Wildman–Crippen MR) is 79.1 cm³/mol. The number of nitrogens with one attached hydrogen (secondary N) is 1. The summed E-state index contributed by atoms with van der Waals surface area (Å²) in [5.41, 5.74) is 1.45. The van der Waals surface area contributed by atoms with Crippen molar-refractivity contribution in [1.82, 2.24) is 0 Å². The smallest absolute Gasteiger partial charge is 0.143 e. The van der Waals surface area contributed by atoms with E-state index in [1.165, 1.54) is 6.07 Å². The molecule has 0 aliphatic heterocycles. The van der Waals surface area contributed by atoms with E-state index >= 15 is 0 Å². The summed E-state index contributed by atoms with van der Waals surface area (Å²) < 4.78 is 19.6. The summed E-state index contributed by atoms with van der Waals surface area (Å²) in [5, 5.41) is 12.0. The van der Waals surface area contributed by atoms with Crippen LogP contribution in [0.25, 0.3) is 0 Å². The van der Waals surface area contributed by atoms with E-state index in [9.17, 15) is 4.39 Å². The highest BCUT2D eigenvalue weighted by Crippen LogP contribution is 2.24. The van der Waals surface area contributed by atoms with Crippen molar-refractivity contribution in [1.29, 1.82) is 5.26 Å². The minimum absolute atomic E-state index is 0.0199. The van der Waals surface area contributed by atoms with Crippen LogP contribution in [0.4, 0.5) is 10.1 Å². The Bertz CT molecular complexity index is 667. The van der Waals surface area contributed by atoms with Crippen LogP contribution in [0.15, 0.2) is 40.9 Å². The molecule has 2 aromatic carbocycles. The largest absolute Gasteiger partial charge is 0.497 e. The Hall–Kier alpha value is -2.06. The first-order valence-corrected chi connectivity index (χ1v) is 6.70. The second-order valence-electron chi connectivity index (χ2n) is 4.09. The minimum atomic E-state index is -0.526. The van der Waals surface area contributed by atoms with Crippen molar-refractivity contribution in [3.05, 3.63) is 57.8 Å². The van der Waals surface area contributed by atoms with Gasteiger partial charge in [0.25, 0.3) is 0 Å². The zero-order valence-corrected chi connectivity index (χ0v) is 12.4. The van der Waals surface area contributed by atoms with Gasteiger partial charge in [0.05, 0.1) is 12.8 Å². The van der Waals surface area contributed by atoms with Crippen LogP contribution in [0.1, 0.15) is 11.1 Å². The Balaban J connectivity index is 2.21. The fourth-order valence-corrected chi connectivity index (χ4v) is 2.18. The average Bonchev–Trinajstić information content (AvgIpc) is 2.46. The van der Waals surface area contributed by atoms with Gasteiger partial charge >= 0.3 is 0 Å². The Morgan fingerprint density at radius 1 is 1.35 bits per heavy atom. The molecule has 3 nitrogen and oxygen atoms in total. The van der Waals surface area contributed by atoms with Gasteiger partial charge in [0.15, 0.2) is 0 Å². The Kier molecular flexibility index (Phi) is 4.59. The van der Waals surface area contributed by atoms with E-state index in [0.29, 0.717) is 12.2 Å². The van der Waals surface area contributed by atoms with Gasteiger partial charge in [0, 0.05) is 11.0 Å². The van der Waals surface area contributed by atoms with Crippen molar-refractivity contribution < 1.29 is 9.13 Å². The first-order valence-electron chi connectivity index (χ1n) is 5.90. The molecule has 0 amide bonds. The van der Waals surface area contributed by atoms with Crippen LogP contribution < -0.4 is 10.1 Å². The number of methoxy groups -OCH3 is 1. The molecule has 0 heterocycles. The molecule has 0 aromatic heterocycles. The van der Waals surface area contributed by atoms with Crippen molar-refractivity contribution in [2.45, 2.75) is 6.54 Å². The number of rotatable bonds is 4. The predicted octanol–water partition coefficient (Wildman–Crippen LogP) is 4.08. The molecule has 0 atom stereocenters. The standard InChI is InChI=1S/C15H12BrFN2O/c1-20-11-5-6-13(16)10(7-11)9-19-15-4-2-3-14(17)12(15)8-18/h2-7,19H,9H2,1H3. The molecule has 0 aliphatic rings. The number of anilines is 1. The van der Waals surface area contributed by atoms with Crippen molar-refractivity contribution in [2.75, 3.05) is 12.4 Å². The molecule has 0 saturated carbocycles. The maximum Gasteiger partial charge on any atom is 0.143 e. The van der Waals surface area contributed by atoms with Crippen LogP contribution in [0.2, 0.25) is 0 Å². The third-order valence-corrected chi connectivity index (χ3v) is 3.62. The molecule has 102 valence electrons. The van der Waals surface area contributed by atoms with Crippen molar-refractivity contribution in [2.24, 2.45) is 0 Å². The summed E-state index contributed by atoms with van der Waals surface area (Å²) in [5.74, 6) is 0.215. The molecular formula is C15H12BrFN2O. The summed E-state index contributed by atoms with van der Waals surface area (Å²) in [4.78, 5) is 0. The molecule has 0 spiro atoms. The molecule has 0 saturated heterocycles. The van der Waals surface area contributed by atoms with E-state index in [2.05, 4.69) is 21.2 Å². The molecule has 20 heavy (non-hydrogen) atoms. The highest BCUT2D eigenvalue weighted by molar-refractivity contribution is 9.10. The average molecular weight is 335 g/mol. The summed E-state index contributed by atoms with van der Waals surface area (Å²) in [6.07, 6.45) is 0. The zero-order chi connectivity index (χ0) is 14.5. The molecule has 2 aromatic rings. The number of ether oxygens (including phenoxy) is 1. The lowest BCUT2D eigenvalue weighted by Gasteiger charge is -2.11. The van der Waals surface area contributed by atoms with E-state index in [0.717, 1.165) is 15.8 Å². The lowest BCUT2D eigenvalue weighted by atomic mass is 10.1. The van der Waals surface area contributed by atoms with Crippen LogP contribution >= 0.6 is 15.9 Å². The molecule has 2 rings (SSSR count). The van der Waals surface area contributed by atoms with Crippen molar-refractivity contribution >= 4 is 21.6 Å². The molecule has 0 unspecified atom stereocenters. The monoisotopic (exact) mass is 334 g/mol. The van der Waals surface area contributed by atoms with E-state index in [4.69, 9.17) is 10.00 Å². The van der Waals surface area contributed by atoms with Crippen LogP contribution in [0.5, 0.6) is 5.75 Å². The Morgan fingerprint density at radius 3 is 2.85 bits per heavy atom. The number of nitrogens with zero attached hydrogens (tertiary/aromatic N) is 1. The third-order valence-electron chi connectivity index (χ3n) is 2.85. The summed E-state index contributed by atoms with van der Waals surface area (Å²) >= 11 is 3.45. The summed E-state index contributed by atoms with van der Waals surface area (Å²) in [6.45, 7) is 0.454. The Morgan fingerprint density at radius 2 is 2.15 bits per heavy atom. The quantitative estimate of drug-likeness (QED) is 0.916. The van der Waals surface area contributed by atoms with Crippen LogP contribution in [0.3, 0.4) is 0 Å². The second kappa shape index (κ2) is 6.40. The van der Waals surface area contributed by atoms with Gasteiger partial charge in [-0.1, -0.05) is 22.0 Å². The molecule has 5 heteroatoms. The van der Waals surface area contributed by atoms with E-state index in [-0.39, 0.29) is 5.56 Å². The van der Waals surface area contributed by atoms with Gasteiger partial charge in [-0.15, -0.1) is 0 Å². The zero-order valence-electron chi connectivity index (χ0n) is 10.8. The van der Waals surface area contributed by atoms with Crippen LogP contribution in [-0.4, -0.2) is 7.11 Å². The van der Waals surface area contributed by atoms with Gasteiger partial charge in [0.2, 0.25) is 0 Å². The van der Waals surface area contributed by atoms with Gasteiger partial charge in [0.1, 0.15) is 23.2 Å². The van der Waals surface area contributed by atoms with Crippen LogP contribution in [-0.2, 0) is 6.54 Å². The van der Waals surface area contributed by atoms with E-state index in [1.807, 2.05) is 24.3 Å². The number of hydrogen-bond donors (Lipinski definition) is 1. The van der Waals surface area contributed by atoms with Crippen LogP contribution in [0, 0.1) is 17.1 Å². The molecule has 0 radical (unpaired) electrons. The topological polar surface area (TPSA) is 45.0 Å². The maximum absolute atomic E-state index is 13.5. The van der Waals surface area contributed by atoms with Crippen molar-refractivity contribution in [3.63, 3.8) is 0 Å². The lowest BCUT2D eigenvalue weighted by Crippen LogP contribution is -2.03. The second-order valence-corrected chi connectivity index (χ2v) is 4.94. The summed E-state index contributed by atoms with van der Waals surface area (Å²) in [6, 6.07) is 12.0. The number of hydrogen-bond acceptors (Lipinski definition) is 3. The number of halogens is 2. The molecular weight excluding hydrogens is 323 g/mol. The molecule has 0 fully saturated rings. The van der Waals surface area contributed by atoms with E-state index < -0.39 is 5.82 Å². The fraction of sp³-hybridized carbons (Fsp3) is 0.133. The third kappa shape index (κ3) is 3.09. The molecule has 0 aliphatic carbocycles. The highest BCUT2D eigenvalue weighted by Gasteiger charge is 2.08. The summed E-state index contributed by atoms with van der Waals surface area (Å²) in [7, 11) is 1.60. The molecule has 1 N–H and O–H groups in total. The first kappa shape index (κ1) is 14.4.